The number of nitrogens with two attached hydrogens (primary N) is 2. The number of benzene rings is 1. The molecule has 1 atom stereocenters. The maximum absolute atomic E-state index is 13.9. The molecule has 2 aliphatic rings. The van der Waals surface area contributed by atoms with Crippen molar-refractivity contribution in [2.24, 2.45) is 22.8 Å². The molecule has 1 aromatic carbocycles. The number of carboxylic acids is 2. The number of fused-ring (bicyclic) bond motifs is 1. The zero-order chi connectivity index (χ0) is 35.5. The van der Waals surface area contributed by atoms with Gasteiger partial charge >= 0.3 is 24.3 Å². The van der Waals surface area contributed by atoms with Crippen LogP contribution >= 0.6 is 0 Å². The van der Waals surface area contributed by atoms with Gasteiger partial charge in [-0.3, -0.25) is 9.59 Å². The van der Waals surface area contributed by atoms with Crippen LogP contribution in [0.2, 0.25) is 0 Å². The molecule has 0 spiro atoms. The summed E-state index contributed by atoms with van der Waals surface area (Å²) in [6.07, 6.45) is -6.32. The average molecular weight is 679 g/mol. The van der Waals surface area contributed by atoms with Crippen molar-refractivity contribution in [2.45, 2.75) is 83.2 Å². The molecule has 1 aromatic heterocycles. The van der Waals surface area contributed by atoms with E-state index < -0.39 is 47.8 Å². The molecule has 0 bridgehead atoms. The molecule has 2 amide bonds. The van der Waals surface area contributed by atoms with Gasteiger partial charge in [0, 0.05) is 23.0 Å². The summed E-state index contributed by atoms with van der Waals surface area (Å²) in [6.45, 7) is 3.71. The molecule has 2 aromatic rings. The van der Waals surface area contributed by atoms with Gasteiger partial charge in [-0.1, -0.05) is 13.8 Å². The summed E-state index contributed by atoms with van der Waals surface area (Å²) in [4.78, 5) is 44.5. The van der Waals surface area contributed by atoms with Gasteiger partial charge < -0.3 is 32.3 Å². The number of carboxylic acid groups (broad SMARTS) is 2. The molecular weight excluding hydrogens is 642 g/mol. The van der Waals surface area contributed by atoms with Crippen LogP contribution < -0.4 is 22.1 Å². The maximum atomic E-state index is 13.9. The van der Waals surface area contributed by atoms with Gasteiger partial charge in [-0.25, -0.2) is 14.3 Å². The Labute approximate surface area is 264 Å². The number of aromatic nitrogens is 2. The summed E-state index contributed by atoms with van der Waals surface area (Å²) in [5, 5.41) is 26.4. The summed E-state index contributed by atoms with van der Waals surface area (Å²) in [6, 6.07) is 3.39. The fraction of sp³-hybridized carbons (Fsp3) is 0.552. The minimum atomic E-state index is -5.08. The third kappa shape index (κ3) is 9.36. The van der Waals surface area contributed by atoms with Crippen LogP contribution in [0, 0.1) is 11.3 Å². The standard InChI is InChI=1S/C27H35F3N6O4.C2HF3O2/c1-26(2)10-9-18-20(12-26)36(35-23(18)27(28,29)30)16-7-8-17(24(32)38)19(11-16)33-15-5-3-14(4-6-15)22(25(39)40)34-21(37)13-31;3-2(4,5)1(6)7/h7-8,11,14-15,22,33H,3-6,9-10,12-13,31H2,1-2H3,(H2,32,38)(H,34,37)(H,39,40);(H,6,7). The quantitative estimate of drug-likeness (QED) is 0.225. The van der Waals surface area contributed by atoms with Crippen LogP contribution in [0.5, 0.6) is 0 Å². The number of nitrogens with one attached hydrogen (secondary N) is 2. The van der Waals surface area contributed by atoms with Gasteiger partial charge in [-0.05, 0) is 74.5 Å². The average Bonchev–Trinajstić information content (AvgIpc) is 3.34. The van der Waals surface area contributed by atoms with Crippen LogP contribution in [0.25, 0.3) is 5.69 Å². The number of primary amides is 1. The highest BCUT2D eigenvalue weighted by Gasteiger charge is 2.42. The lowest BCUT2D eigenvalue weighted by Gasteiger charge is -2.33. The molecule has 0 saturated heterocycles. The van der Waals surface area contributed by atoms with E-state index >= 15 is 0 Å². The Bertz CT molecular complexity index is 1500. The van der Waals surface area contributed by atoms with Crippen molar-refractivity contribution in [2.75, 3.05) is 11.9 Å². The largest absolute Gasteiger partial charge is 0.490 e. The summed E-state index contributed by atoms with van der Waals surface area (Å²) in [5.74, 6) is -5.43. The van der Waals surface area contributed by atoms with Gasteiger partial charge in [0.2, 0.25) is 5.91 Å². The first-order chi connectivity index (χ1) is 21.6. The molecule has 18 heteroatoms. The number of anilines is 1. The minimum Gasteiger partial charge on any atom is -0.480 e. The van der Waals surface area contributed by atoms with E-state index in [0.29, 0.717) is 55.6 Å². The molecule has 2 aliphatic carbocycles. The summed E-state index contributed by atoms with van der Waals surface area (Å²) >= 11 is 0. The molecule has 1 saturated carbocycles. The van der Waals surface area contributed by atoms with Crippen molar-refractivity contribution in [1.82, 2.24) is 15.1 Å². The number of alkyl halides is 6. The number of aliphatic carboxylic acids is 2. The second-order valence-electron chi connectivity index (χ2n) is 12.3. The van der Waals surface area contributed by atoms with Crippen LogP contribution in [0.3, 0.4) is 0 Å². The lowest BCUT2D eigenvalue weighted by Crippen LogP contribution is -2.49. The maximum Gasteiger partial charge on any atom is 0.490 e. The van der Waals surface area contributed by atoms with Crippen molar-refractivity contribution in [3.63, 3.8) is 0 Å². The third-order valence-electron chi connectivity index (χ3n) is 8.18. The summed E-state index contributed by atoms with van der Waals surface area (Å²) in [5.41, 5.74) is 11.5. The van der Waals surface area contributed by atoms with Crippen LogP contribution in [-0.2, 0) is 33.4 Å². The van der Waals surface area contributed by atoms with E-state index in [1.54, 1.807) is 6.07 Å². The first-order valence-corrected chi connectivity index (χ1v) is 14.6. The summed E-state index contributed by atoms with van der Waals surface area (Å²) in [7, 11) is 0. The van der Waals surface area contributed by atoms with E-state index in [9.17, 15) is 45.8 Å². The van der Waals surface area contributed by atoms with E-state index in [1.807, 2.05) is 13.8 Å². The topological polar surface area (TPSA) is 203 Å². The number of nitrogens with zero attached hydrogens (tertiary/aromatic N) is 2. The molecule has 0 radical (unpaired) electrons. The van der Waals surface area contributed by atoms with Gasteiger partial charge in [-0.15, -0.1) is 0 Å². The van der Waals surface area contributed by atoms with Crippen LogP contribution in [0.15, 0.2) is 18.2 Å². The zero-order valence-corrected chi connectivity index (χ0v) is 25.5. The molecule has 4 rings (SSSR count). The molecule has 8 N–H and O–H groups in total. The first-order valence-electron chi connectivity index (χ1n) is 14.6. The second kappa shape index (κ2) is 14.2. The van der Waals surface area contributed by atoms with Gasteiger partial charge in [0.05, 0.1) is 17.8 Å². The number of rotatable bonds is 8. The summed E-state index contributed by atoms with van der Waals surface area (Å²) < 4.78 is 74.7. The number of amides is 2. The zero-order valence-electron chi connectivity index (χ0n) is 25.5. The molecular formula is C29H36F6N6O6. The minimum absolute atomic E-state index is 0.152. The lowest BCUT2D eigenvalue weighted by molar-refractivity contribution is -0.192. The Hall–Kier alpha value is -4.35. The Morgan fingerprint density at radius 1 is 1.06 bits per heavy atom. The van der Waals surface area contributed by atoms with Gasteiger partial charge in [-0.2, -0.15) is 31.4 Å². The van der Waals surface area contributed by atoms with Crippen molar-refractivity contribution in [1.29, 1.82) is 0 Å². The second-order valence-corrected chi connectivity index (χ2v) is 12.3. The van der Waals surface area contributed by atoms with E-state index in [0.717, 1.165) is 0 Å². The number of carbonyl (C=O) groups is 4. The van der Waals surface area contributed by atoms with Crippen molar-refractivity contribution >= 4 is 29.4 Å². The van der Waals surface area contributed by atoms with E-state index in [-0.39, 0.29) is 41.5 Å². The molecule has 1 unspecified atom stereocenters. The SMILES string of the molecule is CC1(C)CCc2c(C(F)(F)F)nn(-c3ccc(C(N)=O)c(NC4CCC(C(NC(=O)CN)C(=O)O)CC4)c3)c2C1.O=C(O)C(F)(F)F. The smallest absolute Gasteiger partial charge is 0.480 e. The molecule has 0 aliphatic heterocycles. The van der Waals surface area contributed by atoms with E-state index in [2.05, 4.69) is 15.7 Å². The lowest BCUT2D eigenvalue weighted by atomic mass is 9.76. The molecule has 1 fully saturated rings. The molecule has 47 heavy (non-hydrogen) atoms. The van der Waals surface area contributed by atoms with Crippen molar-refractivity contribution in [3.05, 3.63) is 40.7 Å². The number of hydrogen-bond acceptors (Lipinski definition) is 7. The highest BCUT2D eigenvalue weighted by molar-refractivity contribution is 5.99. The fourth-order valence-corrected chi connectivity index (χ4v) is 5.80. The third-order valence-corrected chi connectivity index (χ3v) is 8.18. The fourth-order valence-electron chi connectivity index (χ4n) is 5.80. The van der Waals surface area contributed by atoms with Crippen LogP contribution in [0.1, 0.15) is 73.3 Å². The molecule has 260 valence electrons. The van der Waals surface area contributed by atoms with Gasteiger partial charge in [0.15, 0.2) is 5.69 Å². The van der Waals surface area contributed by atoms with Gasteiger partial charge in [0.25, 0.3) is 5.91 Å². The van der Waals surface area contributed by atoms with Gasteiger partial charge in [0.1, 0.15) is 6.04 Å². The Kier molecular flexibility index (Phi) is 11.2. The predicted molar refractivity (Wildman–Crippen MR) is 155 cm³/mol. The van der Waals surface area contributed by atoms with E-state index in [4.69, 9.17) is 21.4 Å². The molecule has 1 heterocycles. The predicted octanol–water partition coefficient (Wildman–Crippen LogP) is 3.64. The number of carbonyl (C=O) groups excluding carboxylic acids is 2. The van der Waals surface area contributed by atoms with Crippen LogP contribution in [-0.4, -0.2) is 68.6 Å². The Balaban J connectivity index is 0.000000771. The molecule has 12 nitrogen and oxygen atoms in total. The number of hydrogen-bond donors (Lipinski definition) is 6. The Morgan fingerprint density at radius 3 is 2.15 bits per heavy atom. The first kappa shape index (κ1) is 37.1. The van der Waals surface area contributed by atoms with E-state index in [1.165, 1.54) is 16.8 Å². The monoisotopic (exact) mass is 678 g/mol. The number of halogens is 6. The Morgan fingerprint density at radius 2 is 1.66 bits per heavy atom. The van der Waals surface area contributed by atoms with Crippen molar-refractivity contribution in [3.8, 4) is 5.69 Å². The highest BCUT2D eigenvalue weighted by atomic mass is 19.4. The van der Waals surface area contributed by atoms with Crippen LogP contribution in [0.4, 0.5) is 32.0 Å². The highest BCUT2D eigenvalue weighted by Crippen LogP contribution is 2.42. The normalized spacial score (nSPS) is 19.8. The van der Waals surface area contributed by atoms with Crippen molar-refractivity contribution < 1.29 is 55.7 Å².